The fraction of sp³-hybridized carbons (Fsp3) is 0.625. The van der Waals surface area contributed by atoms with Gasteiger partial charge in [-0.15, -0.1) is 0 Å². The summed E-state index contributed by atoms with van der Waals surface area (Å²) >= 11 is 0. The van der Waals surface area contributed by atoms with E-state index in [1.807, 2.05) is 0 Å². The fourth-order valence-electron chi connectivity index (χ4n) is 16.7. The van der Waals surface area contributed by atoms with Crippen molar-refractivity contribution in [1.29, 1.82) is 0 Å². The fourth-order valence-corrected chi connectivity index (χ4v) is 19.6. The molecule has 36 heteroatoms. The van der Waals surface area contributed by atoms with Crippen LogP contribution >= 0.6 is 0 Å². The van der Waals surface area contributed by atoms with Crippen LogP contribution in [-0.4, -0.2) is 152 Å². The number of ether oxygens (including phenoxy) is 6. The number of rotatable bonds is 60. The predicted octanol–water partition coefficient (Wildman–Crippen LogP) is 0.190. The molecule has 6 aromatic rings. The number of unbranched alkanes of at least 4 members (excludes halogenated alkanes) is 18. The zero-order valence-corrected chi connectivity index (χ0v) is 98.3. The molecular weight excluding hydrogens is 1870 g/mol. The molecule has 708 valence electrons. The number of fused-ring (bicyclic) bond motifs is 12. The molecule has 0 aromatic heterocycles. The van der Waals surface area contributed by atoms with Gasteiger partial charge in [-0.05, 0) is 216 Å². The summed E-state index contributed by atoms with van der Waals surface area (Å²) in [4.78, 5) is 0. The maximum atomic E-state index is 12.5. The Bertz CT molecular complexity index is 4180. The monoisotopic (exact) mass is 2000 g/mol. The molecule has 12 bridgehead atoms. The second-order valence-corrected chi connectivity index (χ2v) is 43.3. The number of hydrogen-bond donors (Lipinski definition) is 0. The van der Waals surface area contributed by atoms with Crippen molar-refractivity contribution >= 4 is 60.7 Å². The van der Waals surface area contributed by atoms with E-state index in [9.17, 15) is 77.8 Å². The van der Waals surface area contributed by atoms with Crippen molar-refractivity contribution in [2.45, 2.75) is 311 Å². The molecule has 1 aliphatic rings. The van der Waals surface area contributed by atoms with Gasteiger partial charge in [-0.1, -0.05) is 230 Å². The van der Waals surface area contributed by atoms with Crippen LogP contribution in [0.4, 0.5) is 0 Å². The molecule has 0 saturated heterocycles. The Morgan fingerprint density at radius 1 is 0.189 bits per heavy atom. The molecule has 1 aliphatic carbocycles. The van der Waals surface area contributed by atoms with Crippen LogP contribution in [0.2, 0.25) is 0 Å². The Labute approximate surface area is 925 Å². The molecule has 7 rings (SSSR count). The molecule has 0 atom stereocenters. The average molecular weight is 2010 g/mol. The first-order valence-electron chi connectivity index (χ1n) is 46.2. The molecule has 0 radical (unpaired) electrons. The van der Waals surface area contributed by atoms with E-state index < -0.39 is 95.2 Å². The molecule has 0 aliphatic heterocycles. The van der Waals surface area contributed by atoms with Gasteiger partial charge in [0.2, 0.25) is 0 Å². The third-order valence-corrected chi connectivity index (χ3v) is 27.5. The zero-order chi connectivity index (χ0) is 91.8. The van der Waals surface area contributed by atoms with E-state index >= 15 is 0 Å². The third-order valence-electron chi connectivity index (χ3n) is 22.7. The molecular formula is C96H138Na6O24S6. The molecule has 24 nitrogen and oxygen atoms in total. The summed E-state index contributed by atoms with van der Waals surface area (Å²) in [6, 6.07) is 24.8. The van der Waals surface area contributed by atoms with Gasteiger partial charge < -0.3 is 55.7 Å². The van der Waals surface area contributed by atoms with Crippen LogP contribution < -0.4 is 206 Å². The van der Waals surface area contributed by atoms with Gasteiger partial charge in [0.1, 0.15) is 34.5 Å². The van der Waals surface area contributed by atoms with E-state index in [0.29, 0.717) is 140 Å². The van der Waals surface area contributed by atoms with Gasteiger partial charge in [0.25, 0.3) is 0 Å². The van der Waals surface area contributed by atoms with Crippen molar-refractivity contribution in [3.63, 3.8) is 0 Å². The molecule has 132 heavy (non-hydrogen) atoms. The summed E-state index contributed by atoms with van der Waals surface area (Å²) in [5.74, 6) is -2.40. The zero-order valence-electron chi connectivity index (χ0n) is 81.4. The Morgan fingerprint density at radius 3 is 0.402 bits per heavy atom. The first-order valence-corrected chi connectivity index (χ1v) is 55.7. The normalized spacial score (nSPS) is 12.5. The van der Waals surface area contributed by atoms with Gasteiger partial charge in [-0.2, -0.15) is 0 Å². The van der Waals surface area contributed by atoms with Gasteiger partial charge in [0.05, 0.1) is 100 Å². The van der Waals surface area contributed by atoms with E-state index in [0.717, 1.165) is 187 Å². The van der Waals surface area contributed by atoms with Gasteiger partial charge in [0.15, 0.2) is 0 Å². The predicted molar refractivity (Wildman–Crippen MR) is 491 cm³/mol. The van der Waals surface area contributed by atoms with Crippen LogP contribution in [0.5, 0.6) is 34.5 Å². The van der Waals surface area contributed by atoms with Crippen LogP contribution in [0.15, 0.2) is 72.8 Å². The minimum atomic E-state index is -4.75. The van der Waals surface area contributed by atoms with Crippen molar-refractivity contribution in [1.82, 2.24) is 0 Å². The summed E-state index contributed by atoms with van der Waals surface area (Å²) in [5.41, 5.74) is 13.0. The van der Waals surface area contributed by atoms with Gasteiger partial charge in [-0.25, -0.2) is 50.5 Å². The van der Waals surface area contributed by atoms with Gasteiger partial charge in [0, 0.05) is 73.0 Å². The quantitative estimate of drug-likeness (QED) is 0.0279. The van der Waals surface area contributed by atoms with Crippen LogP contribution in [0.25, 0.3) is 0 Å². The SMILES string of the molecule is CCCCCCc1cc2c(OCCCS(=O)(=O)[O-])c(c1)Cc1cc(CCCCCC)cc(c1OCCCS(=O)(=O)[O-])Cc1cc(CCCCCC)cc(c1OCCCS(=O)(=O)[O-])Cc1cc(CCCCCC)cc(c1OCCCS(=O)(=O)[O-])Cc1cc(CCCCCC)cc(c1OCCCS(=O)(=O)[O-])Cc1cc(CCCCCC)cc(c1OCCCS(=O)(=O)[O-])C2.[Na+].[Na+].[Na+].[Na+].[Na+].[Na+]. The topological polar surface area (TPSA) is 399 Å². The third kappa shape index (κ3) is 51.7. The first kappa shape index (κ1) is 130. The summed E-state index contributed by atoms with van der Waals surface area (Å²) in [5, 5.41) is 0. The summed E-state index contributed by atoms with van der Waals surface area (Å²) in [6.45, 7) is 11.3. The Morgan fingerprint density at radius 2 is 0.303 bits per heavy atom. The van der Waals surface area contributed by atoms with Crippen LogP contribution in [-0.2, 0) is 138 Å². The molecule has 0 saturated carbocycles. The Kier molecular flexibility index (Phi) is 66.7. The van der Waals surface area contributed by atoms with Crippen molar-refractivity contribution in [2.75, 3.05) is 74.2 Å². The van der Waals surface area contributed by atoms with Crippen LogP contribution in [0.1, 0.15) is 334 Å². The van der Waals surface area contributed by atoms with E-state index in [-0.39, 0.29) is 294 Å². The van der Waals surface area contributed by atoms with Gasteiger partial charge >= 0.3 is 177 Å². The maximum Gasteiger partial charge on any atom is 1.00 e. The molecule has 0 fully saturated rings. The maximum absolute atomic E-state index is 12.5. The molecule has 0 spiro atoms. The smallest absolute Gasteiger partial charge is 0.748 e. The van der Waals surface area contributed by atoms with E-state index in [1.165, 1.54) is 0 Å². The molecule has 6 aromatic carbocycles. The summed E-state index contributed by atoms with van der Waals surface area (Å²) < 4.78 is 267. The minimum Gasteiger partial charge on any atom is -0.748 e. The molecule has 0 N–H and O–H groups in total. The van der Waals surface area contributed by atoms with E-state index in [2.05, 4.69) is 114 Å². The largest absolute Gasteiger partial charge is 1.00 e. The van der Waals surface area contributed by atoms with Crippen molar-refractivity contribution in [3.05, 3.63) is 173 Å². The van der Waals surface area contributed by atoms with Crippen molar-refractivity contribution in [3.8, 4) is 34.5 Å². The van der Waals surface area contributed by atoms with Crippen molar-refractivity contribution in [2.24, 2.45) is 0 Å². The second-order valence-electron chi connectivity index (χ2n) is 34.2. The molecule has 0 amide bonds. The Hall–Kier alpha value is -0.420. The van der Waals surface area contributed by atoms with Crippen LogP contribution in [0, 0.1) is 0 Å². The minimum absolute atomic E-state index is 0. The van der Waals surface area contributed by atoms with Crippen molar-refractivity contribution < 1.29 is 284 Å². The second kappa shape index (κ2) is 68.0. The summed E-state index contributed by atoms with van der Waals surface area (Å²) in [6.07, 6.45) is 24.1. The molecule has 0 heterocycles. The van der Waals surface area contributed by atoms with E-state index in [4.69, 9.17) is 28.4 Å². The van der Waals surface area contributed by atoms with Crippen LogP contribution in [0.3, 0.4) is 0 Å². The van der Waals surface area contributed by atoms with Gasteiger partial charge in [-0.3, -0.25) is 0 Å². The first-order chi connectivity index (χ1) is 60.0. The number of aryl methyl sites for hydroxylation is 6. The summed E-state index contributed by atoms with van der Waals surface area (Å²) in [7, 11) is -28.5. The Balaban J connectivity index is 0.0000145. The average Bonchev–Trinajstić information content (AvgIpc) is 0.768. The number of hydrogen-bond acceptors (Lipinski definition) is 24. The molecule has 0 unspecified atom stereocenters. The standard InChI is InChI=1S/C96H144O24S6.6Na/c1-7-13-19-25-37-73-55-79-67-81-57-74(38-26-20-14-8-2)59-83(92(81)116-44-32-50-122(100,101)102)69-85-61-76(40-28-22-16-10-4)63-87(94(85)118-46-34-52-124(106,107)108)71-89-65-78(42-30-24-18-12-6)66-90(96(89)120-48-36-54-126(112,113)114)72-88-64-77(41-29-23-17-11-5)62-86(95(88)119-47-35-53-125(109,110)111)70-84-60-75(39-27-21-15-9-3)58-82(93(84)117-45-33-51-123(103,104)105)68-80(56-73)91(79)115-43-31-49-121(97,98)99;;;;;;/h55-66H,7-54,67-72H2,1-6H3,(H,97,98,99)(H,100,101,102)(H,103,104,105)(H,106,107,108)(H,109,110,111)(H,112,113,114);;;;;;/q;6*+1/p-6. The number of benzene rings is 6. The van der Waals surface area contributed by atoms with E-state index in [1.54, 1.807) is 0 Å².